The lowest BCUT2D eigenvalue weighted by atomic mass is 10.1. The highest BCUT2D eigenvalue weighted by Gasteiger charge is 2.24. The van der Waals surface area contributed by atoms with E-state index in [1.807, 2.05) is 36.4 Å². The second-order valence-corrected chi connectivity index (χ2v) is 8.79. The van der Waals surface area contributed by atoms with Crippen molar-refractivity contribution in [1.82, 2.24) is 4.90 Å². The molecule has 0 spiro atoms. The summed E-state index contributed by atoms with van der Waals surface area (Å²) in [6.45, 7) is 2.34. The molecule has 3 aromatic rings. The van der Waals surface area contributed by atoms with E-state index >= 15 is 0 Å². The number of carbonyl (C=O) groups is 1. The van der Waals surface area contributed by atoms with Gasteiger partial charge in [0.25, 0.3) is 5.91 Å². The second-order valence-electron chi connectivity index (χ2n) is 7.98. The van der Waals surface area contributed by atoms with E-state index in [0.717, 1.165) is 5.69 Å². The number of halogens is 3. The average Bonchev–Trinajstić information content (AvgIpc) is 2.88. The van der Waals surface area contributed by atoms with Gasteiger partial charge >= 0.3 is 0 Å². The minimum atomic E-state index is -0.388. The quantitative estimate of drug-likeness (QED) is 0.303. The average molecular weight is 510 g/mol. The predicted octanol–water partition coefficient (Wildman–Crippen LogP) is 5.97. The highest BCUT2D eigenvalue weighted by molar-refractivity contribution is 6.37. The van der Waals surface area contributed by atoms with Crippen LogP contribution in [0.2, 0.25) is 10.0 Å². The van der Waals surface area contributed by atoms with E-state index in [1.54, 1.807) is 35.2 Å². The summed E-state index contributed by atoms with van der Waals surface area (Å²) in [6, 6.07) is 21.4. The first-order chi connectivity index (χ1) is 17.0. The summed E-state index contributed by atoms with van der Waals surface area (Å²) in [6.07, 6.45) is 1.46. The highest BCUT2D eigenvalue weighted by atomic mass is 35.5. The van der Waals surface area contributed by atoms with Crippen molar-refractivity contribution >= 4 is 40.9 Å². The third-order valence-corrected chi connectivity index (χ3v) is 6.26. The van der Waals surface area contributed by atoms with Gasteiger partial charge in [-0.3, -0.25) is 4.79 Å². The number of benzene rings is 3. The maximum atomic E-state index is 13.9. The Morgan fingerprint density at radius 3 is 2.26 bits per heavy atom. The zero-order valence-corrected chi connectivity index (χ0v) is 20.3. The molecule has 5 nitrogen and oxygen atoms in total. The fourth-order valence-corrected chi connectivity index (χ4v) is 4.46. The van der Waals surface area contributed by atoms with Crippen molar-refractivity contribution in [3.8, 4) is 11.8 Å². The number of carbonyl (C=O) groups excluding carboxylic acids is 1. The van der Waals surface area contributed by atoms with Gasteiger partial charge in [0.2, 0.25) is 0 Å². The zero-order valence-electron chi connectivity index (χ0n) is 18.8. The Morgan fingerprint density at radius 2 is 1.63 bits per heavy atom. The van der Waals surface area contributed by atoms with Crippen molar-refractivity contribution in [3.63, 3.8) is 0 Å². The molecule has 1 saturated heterocycles. The summed E-state index contributed by atoms with van der Waals surface area (Å²) < 4.78 is 19.5. The van der Waals surface area contributed by atoms with Gasteiger partial charge in [-0.2, -0.15) is 5.26 Å². The van der Waals surface area contributed by atoms with Gasteiger partial charge in [0.1, 0.15) is 24.1 Å². The maximum absolute atomic E-state index is 13.9. The first kappa shape index (κ1) is 24.6. The molecule has 178 valence electrons. The topological polar surface area (TPSA) is 56.6 Å². The van der Waals surface area contributed by atoms with Crippen LogP contribution in [0.5, 0.6) is 5.75 Å². The Hall–Kier alpha value is -3.53. The number of amides is 1. The fourth-order valence-electron chi connectivity index (χ4n) is 3.85. The van der Waals surface area contributed by atoms with Crippen LogP contribution >= 0.6 is 23.2 Å². The van der Waals surface area contributed by atoms with Crippen LogP contribution in [0.15, 0.2) is 72.3 Å². The Balaban J connectivity index is 1.44. The molecule has 4 rings (SSSR count). The first-order valence-electron chi connectivity index (χ1n) is 11.0. The molecule has 0 aromatic heterocycles. The fraction of sp³-hybridized carbons (Fsp3) is 0.185. The van der Waals surface area contributed by atoms with Crippen LogP contribution in [-0.2, 0) is 11.4 Å². The molecule has 1 amide bonds. The van der Waals surface area contributed by atoms with E-state index in [9.17, 15) is 14.4 Å². The normalized spacial score (nSPS) is 13.9. The number of anilines is 1. The standard InChI is InChI=1S/C27H22Cl2FN3O2/c28-23-15-19(16-24(29)26(23)35-18-20-6-4-5-9-25(20)30)14-21(17-31)27(34)33-12-10-32(11-13-33)22-7-2-1-3-8-22/h1-9,14-16H,10-13,18H2/b21-14-. The van der Waals surface area contributed by atoms with E-state index < -0.39 is 0 Å². The number of para-hydroxylation sites is 1. The molecule has 1 aliphatic heterocycles. The molecule has 0 atom stereocenters. The van der Waals surface area contributed by atoms with Gasteiger partial charge in [0, 0.05) is 37.4 Å². The molecule has 0 radical (unpaired) electrons. The molecule has 35 heavy (non-hydrogen) atoms. The monoisotopic (exact) mass is 509 g/mol. The number of nitrogens with zero attached hydrogens (tertiary/aromatic N) is 3. The molecular weight excluding hydrogens is 488 g/mol. The van der Waals surface area contributed by atoms with Crippen LogP contribution in [0.3, 0.4) is 0 Å². The van der Waals surface area contributed by atoms with Gasteiger partial charge in [-0.1, -0.05) is 59.6 Å². The molecular formula is C27H22Cl2FN3O2. The molecule has 1 aliphatic rings. The predicted molar refractivity (Wildman–Crippen MR) is 136 cm³/mol. The Bertz CT molecular complexity index is 1260. The largest absolute Gasteiger partial charge is 0.486 e. The minimum Gasteiger partial charge on any atom is -0.486 e. The summed E-state index contributed by atoms with van der Waals surface area (Å²) in [7, 11) is 0. The van der Waals surface area contributed by atoms with Crippen molar-refractivity contribution < 1.29 is 13.9 Å². The van der Waals surface area contributed by atoms with Crippen LogP contribution in [0.25, 0.3) is 6.08 Å². The smallest absolute Gasteiger partial charge is 0.264 e. The van der Waals surface area contributed by atoms with E-state index in [0.29, 0.717) is 37.3 Å². The molecule has 0 N–H and O–H groups in total. The number of ether oxygens (including phenoxy) is 1. The SMILES string of the molecule is N#C/C(=C/c1cc(Cl)c(OCc2ccccc2F)c(Cl)c1)C(=O)N1CCN(c2ccccc2)CC1. The highest BCUT2D eigenvalue weighted by Crippen LogP contribution is 2.35. The van der Waals surface area contributed by atoms with Crippen LogP contribution in [0.4, 0.5) is 10.1 Å². The van der Waals surface area contributed by atoms with Gasteiger partial charge in [-0.15, -0.1) is 0 Å². The lowest BCUT2D eigenvalue weighted by Crippen LogP contribution is -2.49. The van der Waals surface area contributed by atoms with Crippen LogP contribution < -0.4 is 9.64 Å². The van der Waals surface area contributed by atoms with Crippen LogP contribution in [0.1, 0.15) is 11.1 Å². The van der Waals surface area contributed by atoms with Gasteiger partial charge in [0.15, 0.2) is 5.75 Å². The number of nitriles is 1. The molecule has 3 aromatic carbocycles. The van der Waals surface area contributed by atoms with E-state index in [1.165, 1.54) is 12.1 Å². The first-order valence-corrected chi connectivity index (χ1v) is 11.8. The van der Waals surface area contributed by atoms with Crippen molar-refractivity contribution in [3.05, 3.63) is 99.3 Å². The van der Waals surface area contributed by atoms with Crippen LogP contribution in [-0.4, -0.2) is 37.0 Å². The summed E-state index contributed by atoms with van der Waals surface area (Å²) in [5.41, 5.74) is 1.96. The second kappa shape index (κ2) is 11.3. The van der Waals surface area contributed by atoms with Crippen LogP contribution in [0, 0.1) is 17.1 Å². The molecule has 1 fully saturated rings. The Morgan fingerprint density at radius 1 is 1.00 bits per heavy atom. The molecule has 8 heteroatoms. The summed E-state index contributed by atoms with van der Waals surface area (Å²) in [5.74, 6) is -0.524. The minimum absolute atomic E-state index is 0.00896. The summed E-state index contributed by atoms with van der Waals surface area (Å²) >= 11 is 12.7. The number of piperazine rings is 1. The molecule has 0 aliphatic carbocycles. The zero-order chi connectivity index (χ0) is 24.8. The molecule has 0 bridgehead atoms. The molecule has 0 saturated carbocycles. The number of hydrogen-bond acceptors (Lipinski definition) is 4. The lowest BCUT2D eigenvalue weighted by molar-refractivity contribution is -0.126. The third-order valence-electron chi connectivity index (χ3n) is 5.70. The molecule has 1 heterocycles. The third kappa shape index (κ3) is 5.94. The van der Waals surface area contributed by atoms with Gasteiger partial charge in [-0.25, -0.2) is 4.39 Å². The van der Waals surface area contributed by atoms with Gasteiger partial charge in [0.05, 0.1) is 10.0 Å². The molecule has 0 unspecified atom stereocenters. The maximum Gasteiger partial charge on any atom is 0.264 e. The van der Waals surface area contributed by atoms with E-state index in [2.05, 4.69) is 4.90 Å². The van der Waals surface area contributed by atoms with E-state index in [4.69, 9.17) is 27.9 Å². The van der Waals surface area contributed by atoms with Crippen molar-refractivity contribution in [2.24, 2.45) is 0 Å². The van der Waals surface area contributed by atoms with Gasteiger partial charge < -0.3 is 14.5 Å². The number of hydrogen-bond donors (Lipinski definition) is 0. The lowest BCUT2D eigenvalue weighted by Gasteiger charge is -2.36. The Kier molecular flexibility index (Phi) is 7.91. The van der Waals surface area contributed by atoms with Crippen molar-refractivity contribution in [1.29, 1.82) is 5.26 Å². The van der Waals surface area contributed by atoms with Gasteiger partial charge in [-0.05, 0) is 42.0 Å². The van der Waals surface area contributed by atoms with Crippen molar-refractivity contribution in [2.45, 2.75) is 6.61 Å². The number of rotatable bonds is 6. The summed E-state index contributed by atoms with van der Waals surface area (Å²) in [4.78, 5) is 16.9. The Labute approximate surface area is 213 Å². The van der Waals surface area contributed by atoms with Crippen molar-refractivity contribution in [2.75, 3.05) is 31.1 Å². The van der Waals surface area contributed by atoms with E-state index in [-0.39, 0.29) is 39.7 Å². The summed E-state index contributed by atoms with van der Waals surface area (Å²) in [5, 5.41) is 10.0.